The quantitative estimate of drug-likeness (QED) is 0.715. The summed E-state index contributed by atoms with van der Waals surface area (Å²) in [5, 5.41) is 9.62. The molecule has 0 amide bonds. The first-order valence-corrected chi connectivity index (χ1v) is 8.13. The Bertz CT molecular complexity index is 342. The van der Waals surface area contributed by atoms with Crippen LogP contribution < -0.4 is 0 Å². The molecule has 2 saturated carbocycles. The highest BCUT2D eigenvalue weighted by Gasteiger charge is 2.52. The SMILES string of the molecule is C=C1CCC2C(C)(C)CCC[C@]2(C)[C@H]1CC[C@@H](C)O. The van der Waals surface area contributed by atoms with Gasteiger partial charge in [-0.25, -0.2) is 0 Å². The maximum absolute atomic E-state index is 9.62. The first-order chi connectivity index (χ1) is 8.77. The molecule has 110 valence electrons. The number of hydrogen-bond acceptors (Lipinski definition) is 1. The second-order valence-corrected chi connectivity index (χ2v) is 8.08. The van der Waals surface area contributed by atoms with Gasteiger partial charge in [0.25, 0.3) is 0 Å². The molecule has 0 bridgehead atoms. The molecule has 19 heavy (non-hydrogen) atoms. The lowest BCUT2D eigenvalue weighted by molar-refractivity contribution is -0.0563. The minimum absolute atomic E-state index is 0.173. The Morgan fingerprint density at radius 2 is 2.00 bits per heavy atom. The van der Waals surface area contributed by atoms with Crippen LogP contribution >= 0.6 is 0 Å². The fourth-order valence-corrected chi connectivity index (χ4v) is 5.22. The Morgan fingerprint density at radius 1 is 1.32 bits per heavy atom. The zero-order valence-corrected chi connectivity index (χ0v) is 13.3. The number of hydrogen-bond donors (Lipinski definition) is 1. The Morgan fingerprint density at radius 3 is 2.63 bits per heavy atom. The van der Waals surface area contributed by atoms with Gasteiger partial charge in [0.1, 0.15) is 0 Å². The van der Waals surface area contributed by atoms with Crippen molar-refractivity contribution in [2.75, 3.05) is 0 Å². The Kier molecular flexibility index (Phi) is 4.16. The first-order valence-electron chi connectivity index (χ1n) is 8.13. The zero-order valence-electron chi connectivity index (χ0n) is 13.3. The summed E-state index contributed by atoms with van der Waals surface area (Å²) < 4.78 is 0. The smallest absolute Gasteiger partial charge is 0.0512 e. The van der Waals surface area contributed by atoms with Gasteiger partial charge in [0.05, 0.1) is 6.10 Å². The summed E-state index contributed by atoms with van der Waals surface area (Å²) >= 11 is 0. The van der Waals surface area contributed by atoms with Gasteiger partial charge in [-0.3, -0.25) is 0 Å². The lowest BCUT2D eigenvalue weighted by Gasteiger charge is -2.58. The summed E-state index contributed by atoms with van der Waals surface area (Å²) in [6.45, 7) is 13.7. The highest BCUT2D eigenvalue weighted by atomic mass is 16.3. The van der Waals surface area contributed by atoms with Crippen molar-refractivity contribution in [1.82, 2.24) is 0 Å². The van der Waals surface area contributed by atoms with Gasteiger partial charge in [-0.15, -0.1) is 0 Å². The average molecular weight is 264 g/mol. The fourth-order valence-electron chi connectivity index (χ4n) is 5.22. The molecule has 0 saturated heterocycles. The molecule has 0 aromatic rings. The van der Waals surface area contributed by atoms with Crippen molar-refractivity contribution >= 4 is 0 Å². The molecule has 2 fully saturated rings. The summed E-state index contributed by atoms with van der Waals surface area (Å²) in [4.78, 5) is 0. The van der Waals surface area contributed by atoms with E-state index >= 15 is 0 Å². The number of rotatable bonds is 3. The van der Waals surface area contributed by atoms with Crippen LogP contribution in [-0.2, 0) is 0 Å². The van der Waals surface area contributed by atoms with E-state index in [1.807, 2.05) is 6.92 Å². The molecule has 1 unspecified atom stereocenters. The Labute approximate surface area is 119 Å². The van der Waals surface area contributed by atoms with Gasteiger partial charge in [0, 0.05) is 0 Å². The van der Waals surface area contributed by atoms with Crippen molar-refractivity contribution < 1.29 is 5.11 Å². The molecule has 0 spiro atoms. The molecule has 0 aromatic carbocycles. The lowest BCUT2D eigenvalue weighted by atomic mass is 9.47. The molecule has 1 heteroatoms. The molecule has 0 heterocycles. The summed E-state index contributed by atoms with van der Waals surface area (Å²) in [7, 11) is 0. The molecule has 1 nitrogen and oxygen atoms in total. The van der Waals surface area contributed by atoms with E-state index in [1.165, 1.54) is 37.7 Å². The fraction of sp³-hybridized carbons (Fsp3) is 0.889. The van der Waals surface area contributed by atoms with Crippen LogP contribution in [0.3, 0.4) is 0 Å². The number of aliphatic hydroxyl groups is 1. The van der Waals surface area contributed by atoms with E-state index in [9.17, 15) is 5.11 Å². The molecule has 1 N–H and O–H groups in total. The Hall–Kier alpha value is -0.300. The van der Waals surface area contributed by atoms with Crippen LogP contribution in [0.15, 0.2) is 12.2 Å². The van der Waals surface area contributed by atoms with E-state index in [0.29, 0.717) is 16.7 Å². The average Bonchev–Trinajstić information content (AvgIpc) is 2.26. The minimum Gasteiger partial charge on any atom is -0.393 e. The number of aliphatic hydroxyl groups excluding tert-OH is 1. The van der Waals surface area contributed by atoms with E-state index in [-0.39, 0.29) is 6.10 Å². The van der Waals surface area contributed by atoms with Crippen LogP contribution in [0.5, 0.6) is 0 Å². The number of allylic oxidation sites excluding steroid dienone is 1. The van der Waals surface area contributed by atoms with Crippen molar-refractivity contribution in [2.24, 2.45) is 22.7 Å². The van der Waals surface area contributed by atoms with Crippen LogP contribution in [0.4, 0.5) is 0 Å². The summed E-state index contributed by atoms with van der Waals surface area (Å²) in [6.07, 6.45) is 8.49. The van der Waals surface area contributed by atoms with Crippen molar-refractivity contribution in [3.8, 4) is 0 Å². The molecule has 2 rings (SSSR count). The van der Waals surface area contributed by atoms with Crippen molar-refractivity contribution in [3.63, 3.8) is 0 Å². The third kappa shape index (κ3) is 2.77. The van der Waals surface area contributed by atoms with Crippen LogP contribution in [0.2, 0.25) is 0 Å². The van der Waals surface area contributed by atoms with Gasteiger partial charge in [-0.2, -0.15) is 0 Å². The predicted octanol–water partition coefficient (Wildman–Crippen LogP) is 4.95. The van der Waals surface area contributed by atoms with Gasteiger partial charge in [-0.05, 0) is 68.1 Å². The maximum atomic E-state index is 9.62. The van der Waals surface area contributed by atoms with Gasteiger partial charge in [0.15, 0.2) is 0 Å². The molecular formula is C18H32O. The molecule has 0 aliphatic heterocycles. The minimum atomic E-state index is -0.173. The normalized spacial score (nSPS) is 39.7. The molecular weight excluding hydrogens is 232 g/mol. The molecule has 4 atom stereocenters. The molecule has 2 aliphatic rings. The molecule has 2 aliphatic carbocycles. The molecule has 0 radical (unpaired) electrons. The van der Waals surface area contributed by atoms with E-state index < -0.39 is 0 Å². The van der Waals surface area contributed by atoms with Crippen molar-refractivity contribution in [1.29, 1.82) is 0 Å². The van der Waals surface area contributed by atoms with E-state index in [4.69, 9.17) is 0 Å². The largest absolute Gasteiger partial charge is 0.393 e. The third-order valence-electron chi connectivity index (χ3n) is 6.19. The van der Waals surface area contributed by atoms with E-state index in [2.05, 4.69) is 27.4 Å². The number of fused-ring (bicyclic) bond motifs is 1. The van der Waals surface area contributed by atoms with Crippen molar-refractivity contribution in [3.05, 3.63) is 12.2 Å². The van der Waals surface area contributed by atoms with Gasteiger partial charge in [-0.1, -0.05) is 39.3 Å². The van der Waals surface area contributed by atoms with Gasteiger partial charge < -0.3 is 5.11 Å². The highest BCUT2D eigenvalue weighted by molar-refractivity contribution is 5.15. The van der Waals surface area contributed by atoms with Crippen LogP contribution in [0.25, 0.3) is 0 Å². The van der Waals surface area contributed by atoms with E-state index in [0.717, 1.165) is 18.8 Å². The van der Waals surface area contributed by atoms with Crippen LogP contribution in [-0.4, -0.2) is 11.2 Å². The monoisotopic (exact) mass is 264 g/mol. The zero-order chi connectivity index (χ0) is 14.3. The van der Waals surface area contributed by atoms with Crippen molar-refractivity contribution in [2.45, 2.75) is 78.7 Å². The first kappa shape index (κ1) is 15.1. The maximum Gasteiger partial charge on any atom is 0.0512 e. The standard InChI is InChI=1S/C18H32O/c1-13-7-10-16-17(3,4)11-6-12-18(16,5)15(13)9-8-14(2)19/h14-16,19H,1,6-12H2,2-5H3/t14-,15+,16?,18-/m1/s1. The topological polar surface area (TPSA) is 20.2 Å². The molecule has 0 aromatic heterocycles. The Balaban J connectivity index is 2.22. The summed E-state index contributed by atoms with van der Waals surface area (Å²) in [5.41, 5.74) is 2.36. The van der Waals surface area contributed by atoms with Crippen LogP contribution in [0, 0.1) is 22.7 Å². The summed E-state index contributed by atoms with van der Waals surface area (Å²) in [5.74, 6) is 1.46. The predicted molar refractivity (Wildman–Crippen MR) is 82.0 cm³/mol. The highest BCUT2D eigenvalue weighted by Crippen LogP contribution is 2.61. The second kappa shape index (κ2) is 5.24. The lowest BCUT2D eigenvalue weighted by Crippen LogP contribution is -2.49. The third-order valence-corrected chi connectivity index (χ3v) is 6.19. The van der Waals surface area contributed by atoms with Crippen LogP contribution in [0.1, 0.15) is 72.6 Å². The second-order valence-electron chi connectivity index (χ2n) is 8.08. The van der Waals surface area contributed by atoms with E-state index in [1.54, 1.807) is 0 Å². The summed E-state index contributed by atoms with van der Waals surface area (Å²) in [6, 6.07) is 0. The van der Waals surface area contributed by atoms with Gasteiger partial charge in [0.2, 0.25) is 0 Å². The van der Waals surface area contributed by atoms with Gasteiger partial charge >= 0.3 is 0 Å².